The lowest BCUT2D eigenvalue weighted by Gasteiger charge is -2.07. The quantitative estimate of drug-likeness (QED) is 0.760. The van der Waals surface area contributed by atoms with E-state index in [0.717, 1.165) is 0 Å². The van der Waals surface area contributed by atoms with Gasteiger partial charge in [-0.15, -0.1) is 0 Å². The van der Waals surface area contributed by atoms with Gasteiger partial charge in [-0.05, 0) is 48.5 Å². The third-order valence-corrected chi connectivity index (χ3v) is 3.09. The van der Waals surface area contributed by atoms with Crippen LogP contribution >= 0.6 is 0 Å². The molecule has 0 aliphatic heterocycles. The van der Waals surface area contributed by atoms with Gasteiger partial charge in [0.05, 0.1) is 0 Å². The van der Waals surface area contributed by atoms with Gasteiger partial charge in [0.25, 0.3) is 0 Å². The summed E-state index contributed by atoms with van der Waals surface area (Å²) in [6, 6.07) is 11.1. The highest BCUT2D eigenvalue weighted by atomic mass is 19.1. The van der Waals surface area contributed by atoms with E-state index < -0.39 is 11.9 Å². The molecule has 0 radical (unpaired) electrons. The van der Waals surface area contributed by atoms with Crippen LogP contribution in [0.3, 0.4) is 0 Å². The van der Waals surface area contributed by atoms with Gasteiger partial charge in [0, 0.05) is 11.1 Å². The maximum Gasteiger partial charge on any atom is 0.240 e. The van der Waals surface area contributed by atoms with Crippen LogP contribution in [0.2, 0.25) is 0 Å². The normalized spacial score (nSPS) is 10.6. The molecule has 2 aromatic carbocycles. The number of phenolic OH excluding ortho intramolecular Hbond substituents is 2. The summed E-state index contributed by atoms with van der Waals surface area (Å²) in [6.07, 6.45) is 0. The third kappa shape index (κ3) is 2.58. The van der Waals surface area contributed by atoms with Crippen LogP contribution in [0.4, 0.5) is 8.78 Å². The van der Waals surface area contributed by atoms with Crippen molar-refractivity contribution < 1.29 is 19.0 Å². The molecular formula is C16H10F2N2O2. The molecule has 0 aliphatic rings. The topological polar surface area (TPSA) is 66.2 Å². The van der Waals surface area contributed by atoms with Gasteiger partial charge in [0.2, 0.25) is 11.9 Å². The second kappa shape index (κ2) is 5.40. The summed E-state index contributed by atoms with van der Waals surface area (Å²) in [6.45, 7) is 0. The van der Waals surface area contributed by atoms with Crippen molar-refractivity contribution in [1.29, 1.82) is 0 Å². The van der Waals surface area contributed by atoms with E-state index in [1.807, 2.05) is 0 Å². The fourth-order valence-electron chi connectivity index (χ4n) is 2.00. The van der Waals surface area contributed by atoms with Crippen LogP contribution in [0.1, 0.15) is 0 Å². The average molecular weight is 300 g/mol. The Kier molecular flexibility index (Phi) is 3.42. The maximum atomic E-state index is 14.1. The Balaban J connectivity index is 2.08. The summed E-state index contributed by atoms with van der Waals surface area (Å²) in [4.78, 5) is 7.25. The van der Waals surface area contributed by atoms with Gasteiger partial charge in [0.1, 0.15) is 22.9 Å². The van der Waals surface area contributed by atoms with Crippen molar-refractivity contribution in [2.24, 2.45) is 0 Å². The first-order valence-electron chi connectivity index (χ1n) is 6.36. The number of hydrogen-bond acceptors (Lipinski definition) is 4. The molecule has 2 N–H and O–H groups in total. The number of benzene rings is 2. The average Bonchev–Trinajstić information content (AvgIpc) is 2.51. The zero-order valence-corrected chi connectivity index (χ0v) is 11.2. The Morgan fingerprint density at radius 2 is 0.909 bits per heavy atom. The van der Waals surface area contributed by atoms with Crippen molar-refractivity contribution in [3.05, 3.63) is 60.4 Å². The van der Waals surface area contributed by atoms with Gasteiger partial charge >= 0.3 is 0 Å². The Hall–Kier alpha value is -3.02. The molecule has 0 atom stereocenters. The molecule has 0 spiro atoms. The molecule has 4 nitrogen and oxygen atoms in total. The highest BCUT2D eigenvalue weighted by Crippen LogP contribution is 2.27. The van der Waals surface area contributed by atoms with E-state index in [1.165, 1.54) is 48.5 Å². The van der Waals surface area contributed by atoms with E-state index in [-0.39, 0.29) is 22.9 Å². The minimum Gasteiger partial charge on any atom is -0.508 e. The molecule has 3 aromatic rings. The summed E-state index contributed by atoms with van der Waals surface area (Å²) in [5, 5.41) is 18.4. The molecule has 22 heavy (non-hydrogen) atoms. The standard InChI is InChI=1S/C16H10F2N2O2/c17-15-13(9-1-5-11(21)6-2-9)19-16(18)14(20-15)10-3-7-12(22)8-4-10/h1-8,21-22H. The van der Waals surface area contributed by atoms with Gasteiger partial charge in [-0.3, -0.25) is 0 Å². The molecule has 0 bridgehead atoms. The second-order valence-corrected chi connectivity index (χ2v) is 4.60. The molecule has 6 heteroatoms. The fraction of sp³-hybridized carbons (Fsp3) is 0. The van der Waals surface area contributed by atoms with Crippen LogP contribution in [0.15, 0.2) is 48.5 Å². The number of halogens is 2. The Morgan fingerprint density at radius 3 is 1.23 bits per heavy atom. The zero-order chi connectivity index (χ0) is 15.7. The largest absolute Gasteiger partial charge is 0.508 e. The van der Waals surface area contributed by atoms with E-state index >= 15 is 0 Å². The lowest BCUT2D eigenvalue weighted by atomic mass is 10.1. The third-order valence-electron chi connectivity index (χ3n) is 3.09. The second-order valence-electron chi connectivity index (χ2n) is 4.60. The Bertz CT molecular complexity index is 748. The molecular weight excluding hydrogens is 290 g/mol. The highest BCUT2D eigenvalue weighted by molar-refractivity contribution is 5.64. The smallest absolute Gasteiger partial charge is 0.240 e. The predicted molar refractivity (Wildman–Crippen MR) is 76.1 cm³/mol. The maximum absolute atomic E-state index is 14.1. The highest BCUT2D eigenvalue weighted by Gasteiger charge is 2.16. The summed E-state index contributed by atoms with van der Waals surface area (Å²) >= 11 is 0. The number of aromatic nitrogens is 2. The summed E-state index contributed by atoms with van der Waals surface area (Å²) in [5.41, 5.74) is 0.137. The van der Waals surface area contributed by atoms with Crippen molar-refractivity contribution in [1.82, 2.24) is 9.97 Å². The van der Waals surface area contributed by atoms with E-state index in [0.29, 0.717) is 11.1 Å². The van der Waals surface area contributed by atoms with E-state index in [2.05, 4.69) is 9.97 Å². The first-order chi connectivity index (χ1) is 10.5. The molecule has 3 rings (SSSR count). The zero-order valence-electron chi connectivity index (χ0n) is 11.2. The summed E-state index contributed by atoms with van der Waals surface area (Å²) in [5.74, 6) is -1.82. The van der Waals surface area contributed by atoms with Crippen LogP contribution in [0, 0.1) is 11.9 Å². The molecule has 110 valence electrons. The van der Waals surface area contributed by atoms with Crippen LogP contribution in [0.5, 0.6) is 11.5 Å². The van der Waals surface area contributed by atoms with Crippen molar-refractivity contribution >= 4 is 0 Å². The lowest BCUT2D eigenvalue weighted by molar-refractivity contribution is 0.474. The predicted octanol–water partition coefficient (Wildman–Crippen LogP) is 3.50. The molecule has 0 unspecified atom stereocenters. The molecule has 0 aliphatic carbocycles. The van der Waals surface area contributed by atoms with Crippen molar-refractivity contribution in [2.75, 3.05) is 0 Å². The summed E-state index contributed by atoms with van der Waals surface area (Å²) in [7, 11) is 0. The molecule has 1 heterocycles. The van der Waals surface area contributed by atoms with E-state index in [9.17, 15) is 19.0 Å². The van der Waals surface area contributed by atoms with Crippen LogP contribution in [0.25, 0.3) is 22.5 Å². The first kappa shape index (κ1) is 13.9. The van der Waals surface area contributed by atoms with Gasteiger partial charge in [-0.1, -0.05) is 0 Å². The molecule has 0 saturated heterocycles. The lowest BCUT2D eigenvalue weighted by Crippen LogP contribution is -2.01. The molecule has 0 amide bonds. The van der Waals surface area contributed by atoms with Gasteiger partial charge in [0.15, 0.2) is 0 Å². The van der Waals surface area contributed by atoms with Crippen LogP contribution in [-0.2, 0) is 0 Å². The molecule has 0 saturated carbocycles. The van der Waals surface area contributed by atoms with Crippen molar-refractivity contribution in [3.63, 3.8) is 0 Å². The Labute approximate surface area is 124 Å². The monoisotopic (exact) mass is 300 g/mol. The van der Waals surface area contributed by atoms with Crippen LogP contribution in [-0.4, -0.2) is 20.2 Å². The summed E-state index contributed by atoms with van der Waals surface area (Å²) < 4.78 is 28.3. The number of phenols is 2. The number of nitrogens with zero attached hydrogens (tertiary/aromatic N) is 2. The van der Waals surface area contributed by atoms with Gasteiger partial charge < -0.3 is 10.2 Å². The van der Waals surface area contributed by atoms with Crippen LogP contribution < -0.4 is 0 Å². The number of aromatic hydroxyl groups is 2. The SMILES string of the molecule is Oc1ccc(-c2nc(F)c(-c3ccc(O)cc3)nc2F)cc1. The minimum atomic E-state index is -0.921. The van der Waals surface area contributed by atoms with Crippen molar-refractivity contribution in [3.8, 4) is 34.0 Å². The van der Waals surface area contributed by atoms with E-state index in [1.54, 1.807) is 0 Å². The van der Waals surface area contributed by atoms with Gasteiger partial charge in [-0.2, -0.15) is 8.78 Å². The molecule has 0 fully saturated rings. The fourth-order valence-corrected chi connectivity index (χ4v) is 2.00. The number of hydrogen-bond donors (Lipinski definition) is 2. The minimum absolute atomic E-state index is 0.0123. The van der Waals surface area contributed by atoms with E-state index in [4.69, 9.17) is 0 Å². The Morgan fingerprint density at radius 1 is 0.591 bits per heavy atom. The number of rotatable bonds is 2. The first-order valence-corrected chi connectivity index (χ1v) is 6.36. The van der Waals surface area contributed by atoms with Gasteiger partial charge in [-0.25, -0.2) is 9.97 Å². The van der Waals surface area contributed by atoms with Crippen molar-refractivity contribution in [2.45, 2.75) is 0 Å². The molecule has 1 aromatic heterocycles.